The zero-order valence-electron chi connectivity index (χ0n) is 13.4. The van der Waals surface area contributed by atoms with E-state index in [0.717, 1.165) is 38.4 Å². The minimum Gasteiger partial charge on any atom is -0.379 e. The van der Waals surface area contributed by atoms with Crippen LogP contribution in [0.15, 0.2) is 48.5 Å². The number of rotatable bonds is 4. The molecule has 0 saturated carbocycles. The van der Waals surface area contributed by atoms with Crippen LogP contribution >= 0.6 is 0 Å². The van der Waals surface area contributed by atoms with E-state index in [2.05, 4.69) is 11.0 Å². The lowest BCUT2D eigenvalue weighted by Crippen LogP contribution is -2.35. The molecule has 0 atom stereocenters. The van der Waals surface area contributed by atoms with E-state index >= 15 is 0 Å². The molecule has 122 valence electrons. The van der Waals surface area contributed by atoms with Crippen molar-refractivity contribution in [1.29, 1.82) is 5.26 Å². The standard InChI is InChI=1S/C20H19FN2O/c21-20(13-16-1-3-17(14-22)4-2-16)19-7-5-18(6-8-19)15-23-9-11-24-12-10-23/h1-8,13H,9-12,15H2. The third-order valence-corrected chi connectivity index (χ3v) is 4.07. The Morgan fingerprint density at radius 3 is 2.38 bits per heavy atom. The third kappa shape index (κ3) is 4.29. The van der Waals surface area contributed by atoms with Crippen LogP contribution in [0, 0.1) is 11.3 Å². The minimum absolute atomic E-state index is 0.280. The molecule has 0 amide bonds. The van der Waals surface area contributed by atoms with Crippen LogP contribution in [0.4, 0.5) is 4.39 Å². The van der Waals surface area contributed by atoms with Gasteiger partial charge in [-0.15, -0.1) is 0 Å². The van der Waals surface area contributed by atoms with Crippen LogP contribution in [0.5, 0.6) is 0 Å². The van der Waals surface area contributed by atoms with Crippen LogP contribution in [0.25, 0.3) is 11.9 Å². The molecule has 2 aromatic rings. The van der Waals surface area contributed by atoms with Gasteiger partial charge in [0.15, 0.2) is 0 Å². The van der Waals surface area contributed by atoms with Crippen molar-refractivity contribution in [1.82, 2.24) is 4.90 Å². The number of benzene rings is 2. The Kier molecular flexibility index (Phi) is 5.37. The fourth-order valence-corrected chi connectivity index (χ4v) is 2.67. The Morgan fingerprint density at radius 1 is 1.08 bits per heavy atom. The second-order valence-electron chi connectivity index (χ2n) is 5.81. The highest BCUT2D eigenvalue weighted by molar-refractivity contribution is 5.76. The van der Waals surface area contributed by atoms with Crippen LogP contribution in [0.3, 0.4) is 0 Å². The summed E-state index contributed by atoms with van der Waals surface area (Å²) >= 11 is 0. The first kappa shape index (κ1) is 16.4. The molecule has 4 heteroatoms. The topological polar surface area (TPSA) is 36.3 Å². The average molecular weight is 322 g/mol. The maximum atomic E-state index is 14.4. The summed E-state index contributed by atoms with van der Waals surface area (Å²) in [6.45, 7) is 4.30. The minimum atomic E-state index is -0.280. The molecule has 0 unspecified atom stereocenters. The van der Waals surface area contributed by atoms with Gasteiger partial charge in [-0.05, 0) is 29.3 Å². The summed E-state index contributed by atoms with van der Waals surface area (Å²) in [5, 5.41) is 8.78. The molecule has 3 rings (SSSR count). The zero-order chi connectivity index (χ0) is 16.8. The summed E-state index contributed by atoms with van der Waals surface area (Å²) in [6, 6.07) is 16.5. The van der Waals surface area contributed by atoms with Gasteiger partial charge in [0.1, 0.15) is 5.83 Å². The van der Waals surface area contributed by atoms with E-state index in [1.165, 1.54) is 11.6 Å². The molecule has 3 nitrogen and oxygen atoms in total. The molecule has 0 radical (unpaired) electrons. The predicted octanol–water partition coefficient (Wildman–Crippen LogP) is 3.86. The SMILES string of the molecule is N#Cc1ccc(C=C(F)c2ccc(CN3CCOCC3)cc2)cc1. The van der Waals surface area contributed by atoms with Crippen molar-refractivity contribution in [2.75, 3.05) is 26.3 Å². The Balaban J connectivity index is 1.67. The molecule has 0 spiro atoms. The van der Waals surface area contributed by atoms with Crippen LogP contribution in [-0.2, 0) is 11.3 Å². The molecule has 0 N–H and O–H groups in total. The fraction of sp³-hybridized carbons (Fsp3) is 0.250. The first-order valence-electron chi connectivity index (χ1n) is 8.01. The van der Waals surface area contributed by atoms with Gasteiger partial charge >= 0.3 is 0 Å². The van der Waals surface area contributed by atoms with Gasteiger partial charge < -0.3 is 4.74 Å². The second-order valence-corrected chi connectivity index (χ2v) is 5.81. The van der Waals surface area contributed by atoms with Gasteiger partial charge in [-0.25, -0.2) is 4.39 Å². The molecule has 1 fully saturated rings. The number of nitriles is 1. The molecule has 1 saturated heterocycles. The molecule has 0 aromatic heterocycles. The molecule has 1 aliphatic heterocycles. The highest BCUT2D eigenvalue weighted by atomic mass is 19.1. The van der Waals surface area contributed by atoms with E-state index < -0.39 is 0 Å². The molecular formula is C20H19FN2O. The molecule has 1 aliphatic rings. The normalized spacial score (nSPS) is 15.9. The first-order valence-corrected chi connectivity index (χ1v) is 8.01. The van der Waals surface area contributed by atoms with Crippen molar-refractivity contribution < 1.29 is 9.13 Å². The van der Waals surface area contributed by atoms with Crippen molar-refractivity contribution in [3.63, 3.8) is 0 Å². The van der Waals surface area contributed by atoms with E-state index in [9.17, 15) is 4.39 Å². The summed E-state index contributed by atoms with van der Waals surface area (Å²) in [5.74, 6) is -0.280. The van der Waals surface area contributed by atoms with Gasteiger partial charge in [-0.2, -0.15) is 5.26 Å². The van der Waals surface area contributed by atoms with Crippen molar-refractivity contribution in [3.8, 4) is 6.07 Å². The second kappa shape index (κ2) is 7.87. The van der Waals surface area contributed by atoms with E-state index in [1.807, 2.05) is 24.3 Å². The Labute approximate surface area is 141 Å². The monoisotopic (exact) mass is 322 g/mol. The van der Waals surface area contributed by atoms with E-state index in [0.29, 0.717) is 11.1 Å². The lowest BCUT2D eigenvalue weighted by Gasteiger charge is -2.26. The van der Waals surface area contributed by atoms with Gasteiger partial charge in [-0.3, -0.25) is 4.90 Å². The van der Waals surface area contributed by atoms with E-state index in [-0.39, 0.29) is 5.83 Å². The summed E-state index contributed by atoms with van der Waals surface area (Å²) in [7, 11) is 0. The number of hydrogen-bond donors (Lipinski definition) is 0. The quantitative estimate of drug-likeness (QED) is 0.802. The van der Waals surface area contributed by atoms with Crippen LogP contribution in [0.2, 0.25) is 0 Å². The number of morpholine rings is 1. The van der Waals surface area contributed by atoms with Gasteiger partial charge in [0.05, 0.1) is 24.8 Å². The van der Waals surface area contributed by atoms with Crippen LogP contribution in [0.1, 0.15) is 22.3 Å². The third-order valence-electron chi connectivity index (χ3n) is 4.07. The van der Waals surface area contributed by atoms with Crippen LogP contribution < -0.4 is 0 Å². The molecule has 0 aliphatic carbocycles. The lowest BCUT2D eigenvalue weighted by atomic mass is 10.1. The van der Waals surface area contributed by atoms with Crippen molar-refractivity contribution in [2.45, 2.75) is 6.54 Å². The molecule has 24 heavy (non-hydrogen) atoms. The summed E-state index contributed by atoms with van der Waals surface area (Å²) < 4.78 is 19.7. The smallest absolute Gasteiger partial charge is 0.131 e. The maximum absolute atomic E-state index is 14.4. The fourth-order valence-electron chi connectivity index (χ4n) is 2.67. The molecule has 0 bridgehead atoms. The summed E-state index contributed by atoms with van der Waals surface area (Å²) in [4.78, 5) is 2.33. The maximum Gasteiger partial charge on any atom is 0.131 e. The highest BCUT2D eigenvalue weighted by Gasteiger charge is 2.10. The number of ether oxygens (including phenoxy) is 1. The Hall–Kier alpha value is -2.48. The average Bonchev–Trinajstić information content (AvgIpc) is 2.64. The summed E-state index contributed by atoms with van der Waals surface area (Å²) in [5.41, 5.74) is 3.04. The largest absolute Gasteiger partial charge is 0.379 e. The molecule has 2 aromatic carbocycles. The van der Waals surface area contributed by atoms with Gasteiger partial charge in [0.2, 0.25) is 0 Å². The molecule has 1 heterocycles. The number of nitrogens with zero attached hydrogens (tertiary/aromatic N) is 2. The van der Waals surface area contributed by atoms with Gasteiger partial charge in [0.25, 0.3) is 0 Å². The van der Waals surface area contributed by atoms with Crippen molar-refractivity contribution in [3.05, 3.63) is 70.8 Å². The zero-order valence-corrected chi connectivity index (χ0v) is 13.4. The number of hydrogen-bond acceptors (Lipinski definition) is 3. The lowest BCUT2D eigenvalue weighted by molar-refractivity contribution is 0.0342. The van der Waals surface area contributed by atoms with Crippen molar-refractivity contribution in [2.24, 2.45) is 0 Å². The van der Waals surface area contributed by atoms with E-state index in [1.54, 1.807) is 24.3 Å². The molecular weight excluding hydrogens is 303 g/mol. The Morgan fingerprint density at radius 2 is 1.75 bits per heavy atom. The Bertz CT molecular complexity index is 739. The first-order chi connectivity index (χ1) is 11.7. The van der Waals surface area contributed by atoms with Crippen LogP contribution in [-0.4, -0.2) is 31.2 Å². The van der Waals surface area contributed by atoms with Gasteiger partial charge in [0, 0.05) is 25.2 Å². The number of halogens is 1. The van der Waals surface area contributed by atoms with Crippen molar-refractivity contribution >= 4 is 11.9 Å². The van der Waals surface area contributed by atoms with Gasteiger partial charge in [-0.1, -0.05) is 36.4 Å². The van der Waals surface area contributed by atoms with E-state index in [4.69, 9.17) is 10.00 Å². The highest BCUT2D eigenvalue weighted by Crippen LogP contribution is 2.21. The predicted molar refractivity (Wildman–Crippen MR) is 92.7 cm³/mol. The summed E-state index contributed by atoms with van der Waals surface area (Å²) in [6.07, 6.45) is 1.48.